The van der Waals surface area contributed by atoms with Gasteiger partial charge in [-0.3, -0.25) is 0 Å². The highest BCUT2D eigenvalue weighted by Gasteiger charge is 2.20. The molecule has 16 heavy (non-hydrogen) atoms. The maximum Gasteiger partial charge on any atom is 0.488 e. The van der Waals surface area contributed by atoms with Crippen LogP contribution >= 0.6 is 0 Å². The van der Waals surface area contributed by atoms with Crippen molar-refractivity contribution < 1.29 is 10.0 Å². The van der Waals surface area contributed by atoms with E-state index in [1.165, 1.54) is 19.3 Å². The number of nitrogen functional groups attached to an aromatic ring is 1. The molecule has 1 fully saturated rings. The van der Waals surface area contributed by atoms with E-state index in [0.717, 1.165) is 24.1 Å². The molecule has 4 heteroatoms. The van der Waals surface area contributed by atoms with Gasteiger partial charge < -0.3 is 15.8 Å². The fourth-order valence-corrected chi connectivity index (χ4v) is 2.52. The van der Waals surface area contributed by atoms with Gasteiger partial charge >= 0.3 is 7.12 Å². The van der Waals surface area contributed by atoms with E-state index in [1.54, 1.807) is 12.1 Å². The molecule has 1 saturated carbocycles. The number of rotatable bonds is 2. The zero-order valence-electron chi connectivity index (χ0n) is 9.39. The van der Waals surface area contributed by atoms with Crippen LogP contribution in [-0.4, -0.2) is 17.2 Å². The summed E-state index contributed by atoms with van der Waals surface area (Å²) in [6.07, 6.45) is 6.12. The molecule has 0 spiro atoms. The van der Waals surface area contributed by atoms with E-state index in [1.807, 2.05) is 6.07 Å². The van der Waals surface area contributed by atoms with Crippen LogP contribution in [-0.2, 0) is 0 Å². The number of nitrogens with two attached hydrogens (primary N) is 1. The monoisotopic (exact) mass is 219 g/mol. The van der Waals surface area contributed by atoms with Crippen LogP contribution in [0.25, 0.3) is 0 Å². The van der Waals surface area contributed by atoms with Crippen molar-refractivity contribution in [1.82, 2.24) is 0 Å². The van der Waals surface area contributed by atoms with E-state index in [9.17, 15) is 0 Å². The van der Waals surface area contributed by atoms with Crippen molar-refractivity contribution >= 4 is 18.3 Å². The lowest BCUT2D eigenvalue weighted by Crippen LogP contribution is -2.30. The molecule has 1 aliphatic carbocycles. The second kappa shape index (κ2) is 4.89. The Morgan fingerprint density at radius 2 is 1.81 bits per heavy atom. The van der Waals surface area contributed by atoms with Gasteiger partial charge in [-0.25, -0.2) is 0 Å². The summed E-state index contributed by atoms with van der Waals surface area (Å²) >= 11 is 0. The molecule has 0 aliphatic heterocycles. The van der Waals surface area contributed by atoms with Crippen LogP contribution < -0.4 is 11.2 Å². The predicted octanol–water partition coefficient (Wildman–Crippen LogP) is 0.996. The third-order valence-electron chi connectivity index (χ3n) is 3.45. The van der Waals surface area contributed by atoms with Crippen LogP contribution in [0, 0.1) is 0 Å². The fourth-order valence-electron chi connectivity index (χ4n) is 2.52. The molecular formula is C12H18BNO2. The molecule has 0 bridgehead atoms. The Morgan fingerprint density at radius 3 is 2.44 bits per heavy atom. The van der Waals surface area contributed by atoms with Crippen molar-refractivity contribution in [1.29, 1.82) is 0 Å². The number of benzene rings is 1. The molecule has 4 N–H and O–H groups in total. The van der Waals surface area contributed by atoms with Gasteiger partial charge in [0.2, 0.25) is 0 Å². The quantitative estimate of drug-likeness (QED) is 0.513. The molecule has 3 nitrogen and oxygen atoms in total. The SMILES string of the molecule is Nc1ccc(B(O)O)cc1C1CCCCC1. The Labute approximate surface area is 96.4 Å². The van der Waals surface area contributed by atoms with E-state index in [-0.39, 0.29) is 0 Å². The first-order valence-electron chi connectivity index (χ1n) is 5.94. The summed E-state index contributed by atoms with van der Waals surface area (Å²) in [5.74, 6) is 0.493. The van der Waals surface area contributed by atoms with Gasteiger partial charge in [-0.2, -0.15) is 0 Å². The minimum absolute atomic E-state index is 0.493. The van der Waals surface area contributed by atoms with Gasteiger partial charge in [0.05, 0.1) is 0 Å². The predicted molar refractivity (Wildman–Crippen MR) is 66.5 cm³/mol. The van der Waals surface area contributed by atoms with Crippen LogP contribution in [0.15, 0.2) is 18.2 Å². The zero-order chi connectivity index (χ0) is 11.5. The summed E-state index contributed by atoms with van der Waals surface area (Å²) in [6.45, 7) is 0. The lowest BCUT2D eigenvalue weighted by Gasteiger charge is -2.23. The molecular weight excluding hydrogens is 201 g/mol. The van der Waals surface area contributed by atoms with Gasteiger partial charge in [0.25, 0.3) is 0 Å². The van der Waals surface area contributed by atoms with Gasteiger partial charge in [0.15, 0.2) is 0 Å². The summed E-state index contributed by atoms with van der Waals surface area (Å²) < 4.78 is 0. The molecule has 0 aromatic heterocycles. The maximum absolute atomic E-state index is 9.15. The summed E-state index contributed by atoms with van der Waals surface area (Å²) in [4.78, 5) is 0. The Balaban J connectivity index is 2.27. The van der Waals surface area contributed by atoms with Crippen molar-refractivity contribution in [3.05, 3.63) is 23.8 Å². The van der Waals surface area contributed by atoms with E-state index in [2.05, 4.69) is 0 Å². The molecule has 1 aromatic carbocycles. The molecule has 0 radical (unpaired) electrons. The number of hydrogen-bond acceptors (Lipinski definition) is 3. The van der Waals surface area contributed by atoms with Gasteiger partial charge in [-0.15, -0.1) is 0 Å². The maximum atomic E-state index is 9.15. The molecule has 1 aromatic rings. The Hall–Kier alpha value is -0.995. The van der Waals surface area contributed by atoms with Gasteiger partial charge in [0, 0.05) is 5.69 Å². The molecule has 0 heterocycles. The summed E-state index contributed by atoms with van der Waals surface area (Å²) in [6, 6.07) is 5.29. The summed E-state index contributed by atoms with van der Waals surface area (Å²) in [7, 11) is -1.40. The highest BCUT2D eigenvalue weighted by Crippen LogP contribution is 2.34. The van der Waals surface area contributed by atoms with Crippen molar-refractivity contribution in [3.63, 3.8) is 0 Å². The molecule has 86 valence electrons. The van der Waals surface area contributed by atoms with Crippen molar-refractivity contribution in [2.75, 3.05) is 5.73 Å². The third kappa shape index (κ3) is 2.39. The van der Waals surface area contributed by atoms with Crippen molar-refractivity contribution in [2.45, 2.75) is 38.0 Å². The first-order chi connectivity index (χ1) is 7.68. The molecule has 0 unspecified atom stereocenters. The Morgan fingerprint density at radius 1 is 1.12 bits per heavy atom. The third-order valence-corrected chi connectivity index (χ3v) is 3.45. The fraction of sp³-hybridized carbons (Fsp3) is 0.500. The molecule has 0 atom stereocenters. The molecule has 1 aliphatic rings. The lowest BCUT2D eigenvalue weighted by molar-refractivity contribution is 0.425. The average molecular weight is 219 g/mol. The Bertz CT molecular complexity index is 362. The first kappa shape index (κ1) is 11.5. The largest absolute Gasteiger partial charge is 0.488 e. The molecule has 0 saturated heterocycles. The average Bonchev–Trinajstić information content (AvgIpc) is 2.30. The van der Waals surface area contributed by atoms with E-state index in [4.69, 9.17) is 15.8 Å². The van der Waals surface area contributed by atoms with E-state index >= 15 is 0 Å². The van der Waals surface area contributed by atoms with Gasteiger partial charge in [-0.05, 0) is 35.9 Å². The van der Waals surface area contributed by atoms with E-state index in [0.29, 0.717) is 11.4 Å². The number of hydrogen-bond donors (Lipinski definition) is 3. The van der Waals surface area contributed by atoms with Crippen LogP contribution in [0.2, 0.25) is 0 Å². The van der Waals surface area contributed by atoms with Gasteiger partial charge in [-0.1, -0.05) is 31.4 Å². The standard InChI is InChI=1S/C12H18BNO2/c14-12-7-6-10(13(15)16)8-11(12)9-4-2-1-3-5-9/h6-9,15-16H,1-5,14H2. The van der Waals surface area contributed by atoms with Crippen LogP contribution in [0.1, 0.15) is 43.6 Å². The highest BCUT2D eigenvalue weighted by molar-refractivity contribution is 6.58. The number of anilines is 1. The first-order valence-corrected chi connectivity index (χ1v) is 5.94. The zero-order valence-corrected chi connectivity index (χ0v) is 9.39. The van der Waals surface area contributed by atoms with Crippen LogP contribution in [0.3, 0.4) is 0 Å². The summed E-state index contributed by atoms with van der Waals surface area (Å²) in [5.41, 5.74) is 8.36. The summed E-state index contributed by atoms with van der Waals surface area (Å²) in [5, 5.41) is 18.3. The van der Waals surface area contributed by atoms with Crippen LogP contribution in [0.4, 0.5) is 5.69 Å². The van der Waals surface area contributed by atoms with Crippen molar-refractivity contribution in [2.24, 2.45) is 0 Å². The van der Waals surface area contributed by atoms with E-state index < -0.39 is 7.12 Å². The molecule has 2 rings (SSSR count). The smallest absolute Gasteiger partial charge is 0.423 e. The molecule has 0 amide bonds. The second-order valence-corrected chi connectivity index (χ2v) is 4.60. The van der Waals surface area contributed by atoms with Crippen molar-refractivity contribution in [3.8, 4) is 0 Å². The normalized spacial score (nSPS) is 17.4. The second-order valence-electron chi connectivity index (χ2n) is 4.60. The Kier molecular flexibility index (Phi) is 3.51. The minimum atomic E-state index is -1.40. The highest BCUT2D eigenvalue weighted by atomic mass is 16.4. The minimum Gasteiger partial charge on any atom is -0.423 e. The van der Waals surface area contributed by atoms with Crippen LogP contribution in [0.5, 0.6) is 0 Å². The van der Waals surface area contributed by atoms with Gasteiger partial charge in [0.1, 0.15) is 0 Å². The topological polar surface area (TPSA) is 66.5 Å². The lowest BCUT2D eigenvalue weighted by atomic mass is 9.76.